The number of hydrogen-bond donors (Lipinski definition) is 1. The van der Waals surface area contributed by atoms with Crippen LogP contribution in [-0.2, 0) is 16.8 Å². The smallest absolute Gasteiger partial charge is 0.230 e. The SMILES string of the molecule is Cc1nc(CNC(=O)C(C)(C)c2ccccc2Cl)no1. The van der Waals surface area contributed by atoms with Crippen LogP contribution < -0.4 is 5.32 Å². The Morgan fingerprint density at radius 1 is 1.40 bits per heavy atom. The van der Waals surface area contributed by atoms with E-state index in [0.717, 1.165) is 5.56 Å². The van der Waals surface area contributed by atoms with Gasteiger partial charge >= 0.3 is 0 Å². The highest BCUT2D eigenvalue weighted by Gasteiger charge is 2.31. The zero-order chi connectivity index (χ0) is 14.8. The Hall–Kier alpha value is -1.88. The van der Waals surface area contributed by atoms with E-state index in [1.165, 1.54) is 0 Å². The summed E-state index contributed by atoms with van der Waals surface area (Å²) in [5, 5.41) is 7.10. The summed E-state index contributed by atoms with van der Waals surface area (Å²) in [5.74, 6) is 0.776. The van der Waals surface area contributed by atoms with Crippen LogP contribution in [0, 0.1) is 6.92 Å². The Morgan fingerprint density at radius 3 is 2.70 bits per heavy atom. The van der Waals surface area contributed by atoms with Crippen molar-refractivity contribution in [2.75, 3.05) is 0 Å². The van der Waals surface area contributed by atoms with Crippen LogP contribution in [0.5, 0.6) is 0 Å². The Bertz CT molecular complexity index is 622. The number of halogens is 1. The average molecular weight is 294 g/mol. The Morgan fingerprint density at radius 2 is 2.10 bits per heavy atom. The molecule has 0 aliphatic carbocycles. The van der Waals surface area contributed by atoms with Crippen molar-refractivity contribution in [1.82, 2.24) is 15.5 Å². The van der Waals surface area contributed by atoms with Crippen LogP contribution in [0.25, 0.3) is 0 Å². The molecule has 0 aliphatic heterocycles. The van der Waals surface area contributed by atoms with Gasteiger partial charge in [-0.2, -0.15) is 4.98 Å². The predicted molar refractivity (Wildman–Crippen MR) is 75.4 cm³/mol. The second-order valence-corrected chi connectivity index (χ2v) is 5.42. The van der Waals surface area contributed by atoms with E-state index in [4.69, 9.17) is 16.1 Å². The van der Waals surface area contributed by atoms with Gasteiger partial charge in [-0.05, 0) is 25.5 Å². The van der Waals surface area contributed by atoms with Gasteiger partial charge in [0.05, 0.1) is 12.0 Å². The van der Waals surface area contributed by atoms with Crippen LogP contribution in [0.3, 0.4) is 0 Å². The van der Waals surface area contributed by atoms with E-state index < -0.39 is 5.41 Å². The minimum atomic E-state index is -0.739. The second-order valence-electron chi connectivity index (χ2n) is 5.02. The first-order valence-corrected chi connectivity index (χ1v) is 6.61. The third-order valence-corrected chi connectivity index (χ3v) is 3.42. The first-order valence-electron chi connectivity index (χ1n) is 6.24. The monoisotopic (exact) mass is 293 g/mol. The molecule has 20 heavy (non-hydrogen) atoms. The molecule has 1 N–H and O–H groups in total. The number of amides is 1. The number of carbonyl (C=O) groups is 1. The average Bonchev–Trinajstić information content (AvgIpc) is 2.82. The van der Waals surface area contributed by atoms with Gasteiger partial charge < -0.3 is 9.84 Å². The fourth-order valence-corrected chi connectivity index (χ4v) is 2.26. The lowest BCUT2D eigenvalue weighted by atomic mass is 9.83. The third kappa shape index (κ3) is 2.99. The van der Waals surface area contributed by atoms with Gasteiger partial charge in [-0.3, -0.25) is 4.79 Å². The third-order valence-electron chi connectivity index (χ3n) is 3.09. The summed E-state index contributed by atoms with van der Waals surface area (Å²) in [7, 11) is 0. The molecule has 1 aromatic heterocycles. The van der Waals surface area contributed by atoms with Crippen LogP contribution in [-0.4, -0.2) is 16.0 Å². The summed E-state index contributed by atoms with van der Waals surface area (Å²) in [6.07, 6.45) is 0. The molecular formula is C14H16ClN3O2. The van der Waals surface area contributed by atoms with Gasteiger partial charge in [-0.15, -0.1) is 0 Å². The molecule has 0 radical (unpaired) electrons. The number of carbonyl (C=O) groups excluding carboxylic acids is 1. The molecule has 0 aliphatic rings. The number of hydrogen-bond acceptors (Lipinski definition) is 4. The number of nitrogens with one attached hydrogen (secondary N) is 1. The van der Waals surface area contributed by atoms with Crippen LogP contribution >= 0.6 is 11.6 Å². The van der Waals surface area contributed by atoms with Gasteiger partial charge in [0, 0.05) is 11.9 Å². The first-order chi connectivity index (χ1) is 9.41. The minimum absolute atomic E-state index is 0.145. The normalized spacial score (nSPS) is 11.4. The standard InChI is InChI=1S/C14H16ClN3O2/c1-9-17-12(18-20-9)8-16-13(19)14(2,3)10-6-4-5-7-11(10)15/h4-7H,8H2,1-3H3,(H,16,19). The lowest BCUT2D eigenvalue weighted by Crippen LogP contribution is -2.40. The van der Waals surface area contributed by atoms with Crippen molar-refractivity contribution < 1.29 is 9.32 Å². The Balaban J connectivity index is 2.09. The van der Waals surface area contributed by atoms with E-state index in [1.54, 1.807) is 13.0 Å². The van der Waals surface area contributed by atoms with Gasteiger partial charge in [0.15, 0.2) is 5.82 Å². The summed E-state index contributed by atoms with van der Waals surface area (Å²) >= 11 is 6.15. The molecule has 6 heteroatoms. The Labute approximate surface area is 122 Å². The minimum Gasteiger partial charge on any atom is -0.348 e. The maximum absolute atomic E-state index is 12.3. The molecular weight excluding hydrogens is 278 g/mol. The molecule has 2 aromatic rings. The molecule has 0 fully saturated rings. The molecule has 0 bridgehead atoms. The topological polar surface area (TPSA) is 68.0 Å². The quantitative estimate of drug-likeness (QED) is 0.941. The molecule has 0 atom stereocenters. The van der Waals surface area contributed by atoms with Crippen molar-refractivity contribution in [3.63, 3.8) is 0 Å². The van der Waals surface area contributed by atoms with E-state index in [0.29, 0.717) is 16.7 Å². The van der Waals surface area contributed by atoms with Crippen molar-refractivity contribution in [1.29, 1.82) is 0 Å². The number of nitrogens with zero attached hydrogens (tertiary/aromatic N) is 2. The van der Waals surface area contributed by atoms with Crippen LogP contribution in [0.1, 0.15) is 31.1 Å². The zero-order valence-electron chi connectivity index (χ0n) is 11.6. The van der Waals surface area contributed by atoms with E-state index in [1.807, 2.05) is 32.0 Å². The largest absolute Gasteiger partial charge is 0.348 e. The van der Waals surface area contributed by atoms with Crippen LogP contribution in [0.2, 0.25) is 5.02 Å². The molecule has 1 aromatic carbocycles. The lowest BCUT2D eigenvalue weighted by Gasteiger charge is -2.24. The summed E-state index contributed by atoms with van der Waals surface area (Å²) < 4.78 is 4.85. The summed E-state index contributed by atoms with van der Waals surface area (Å²) in [4.78, 5) is 16.4. The maximum atomic E-state index is 12.3. The molecule has 0 saturated carbocycles. The number of benzene rings is 1. The lowest BCUT2D eigenvalue weighted by molar-refractivity contribution is -0.125. The highest BCUT2D eigenvalue weighted by Crippen LogP contribution is 2.29. The van der Waals surface area contributed by atoms with Crippen LogP contribution in [0.4, 0.5) is 0 Å². The number of rotatable bonds is 4. The van der Waals surface area contributed by atoms with Crippen molar-refractivity contribution in [2.24, 2.45) is 0 Å². The van der Waals surface area contributed by atoms with E-state index >= 15 is 0 Å². The Kier molecular flexibility index (Phi) is 4.09. The zero-order valence-corrected chi connectivity index (χ0v) is 12.4. The van der Waals surface area contributed by atoms with Gasteiger partial charge in [-0.1, -0.05) is 35.0 Å². The summed E-state index contributed by atoms with van der Waals surface area (Å²) in [6.45, 7) is 5.58. The first kappa shape index (κ1) is 14.5. The molecule has 0 unspecified atom stereocenters. The molecule has 0 spiro atoms. The molecule has 0 saturated heterocycles. The van der Waals surface area contributed by atoms with Gasteiger partial charge in [0.2, 0.25) is 11.8 Å². The van der Waals surface area contributed by atoms with Gasteiger partial charge in [0.1, 0.15) is 0 Å². The van der Waals surface area contributed by atoms with Crippen molar-refractivity contribution in [3.05, 3.63) is 46.6 Å². The molecule has 1 amide bonds. The summed E-state index contributed by atoms with van der Waals surface area (Å²) in [6, 6.07) is 7.32. The van der Waals surface area contributed by atoms with Crippen molar-refractivity contribution in [2.45, 2.75) is 32.7 Å². The van der Waals surface area contributed by atoms with Gasteiger partial charge in [0.25, 0.3) is 0 Å². The molecule has 106 valence electrons. The fourth-order valence-electron chi connectivity index (χ4n) is 1.88. The molecule has 1 heterocycles. The van der Waals surface area contributed by atoms with E-state index in [-0.39, 0.29) is 12.5 Å². The molecule has 5 nitrogen and oxygen atoms in total. The van der Waals surface area contributed by atoms with Gasteiger partial charge in [-0.25, -0.2) is 0 Å². The van der Waals surface area contributed by atoms with Crippen LogP contribution in [0.15, 0.2) is 28.8 Å². The maximum Gasteiger partial charge on any atom is 0.230 e. The predicted octanol–water partition coefficient (Wildman–Crippen LogP) is 2.63. The van der Waals surface area contributed by atoms with E-state index in [9.17, 15) is 4.79 Å². The fraction of sp³-hybridized carbons (Fsp3) is 0.357. The number of aromatic nitrogens is 2. The van der Waals surface area contributed by atoms with Crippen molar-refractivity contribution in [3.8, 4) is 0 Å². The van der Waals surface area contributed by atoms with Crippen molar-refractivity contribution >= 4 is 17.5 Å². The highest BCUT2D eigenvalue weighted by molar-refractivity contribution is 6.31. The molecule has 2 rings (SSSR count). The van der Waals surface area contributed by atoms with E-state index in [2.05, 4.69) is 15.5 Å². The second kappa shape index (κ2) is 5.63. The highest BCUT2D eigenvalue weighted by atomic mass is 35.5. The summed E-state index contributed by atoms with van der Waals surface area (Å²) in [5.41, 5.74) is 0.0420. The number of aryl methyl sites for hydroxylation is 1.